The minimum atomic E-state index is -1.49. The summed E-state index contributed by atoms with van der Waals surface area (Å²) in [6.45, 7) is 4.06. The Bertz CT molecular complexity index is 1090. The van der Waals surface area contributed by atoms with Gasteiger partial charge in [-0.25, -0.2) is 9.59 Å². The summed E-state index contributed by atoms with van der Waals surface area (Å²) in [6, 6.07) is 8.38. The van der Waals surface area contributed by atoms with Gasteiger partial charge >= 0.3 is 12.1 Å². The van der Waals surface area contributed by atoms with Crippen molar-refractivity contribution in [3.63, 3.8) is 0 Å². The Hall–Kier alpha value is -3.04. The fraction of sp³-hybridized carbons (Fsp3) is 0.483. The van der Waals surface area contributed by atoms with E-state index in [1.807, 2.05) is 31.2 Å². The third-order valence-electron chi connectivity index (χ3n) is 6.88. The first kappa shape index (κ1) is 28.0. The van der Waals surface area contributed by atoms with Gasteiger partial charge in [-0.3, -0.25) is 10.1 Å². The highest BCUT2D eigenvalue weighted by atomic mass is 32.2. The second kappa shape index (κ2) is 13.2. The number of para-hydroxylation sites is 1. The lowest BCUT2D eigenvalue weighted by atomic mass is 9.90. The minimum absolute atomic E-state index is 0.119. The second-order valence-electron chi connectivity index (χ2n) is 10.1. The third kappa shape index (κ3) is 7.98. The average molecular weight is 541 g/mol. The Morgan fingerprint density at radius 3 is 2.74 bits per heavy atom. The Morgan fingerprint density at radius 1 is 1.16 bits per heavy atom. The van der Waals surface area contributed by atoms with Crippen molar-refractivity contribution < 1.29 is 28.6 Å². The van der Waals surface area contributed by atoms with E-state index in [1.165, 1.54) is 6.08 Å². The highest BCUT2D eigenvalue weighted by Gasteiger charge is 2.54. The number of nitrogens with one attached hydrogen (secondary N) is 2. The number of carbonyl (C=O) groups excluding carboxylic acids is 3. The first-order valence-corrected chi connectivity index (χ1v) is 14.2. The van der Waals surface area contributed by atoms with Crippen molar-refractivity contribution >= 4 is 34.8 Å². The fourth-order valence-corrected chi connectivity index (χ4v) is 5.78. The van der Waals surface area contributed by atoms with Crippen LogP contribution in [0.3, 0.4) is 0 Å². The largest absolute Gasteiger partial charge is 0.459 e. The number of ether oxygens (including phenoxy) is 3. The van der Waals surface area contributed by atoms with Crippen LogP contribution in [-0.4, -0.2) is 47.1 Å². The fourth-order valence-electron chi connectivity index (χ4n) is 4.90. The molecule has 5 atom stereocenters. The molecule has 2 amide bonds. The molecule has 8 nitrogen and oxygen atoms in total. The maximum Gasteiger partial charge on any atom is 0.414 e. The SMILES string of the molecule is C/C1=C/C(=O)O[C@@H]2C[C@@H](CC[C@H](C)/C=C\C=C\CC1)O[C@](OC(=O)Nc1ccccc1)([C@@H]1CSC(=O)N1)C2. The number of esters is 1. The number of carbonyl (C=O) groups is 3. The van der Waals surface area contributed by atoms with Gasteiger partial charge < -0.3 is 19.5 Å². The summed E-state index contributed by atoms with van der Waals surface area (Å²) in [5.41, 5.74) is 1.50. The molecule has 204 valence electrons. The zero-order chi connectivity index (χ0) is 27.0. The Labute approximate surface area is 228 Å². The maximum absolute atomic E-state index is 13.1. The zero-order valence-electron chi connectivity index (χ0n) is 21.9. The Morgan fingerprint density at radius 2 is 1.97 bits per heavy atom. The van der Waals surface area contributed by atoms with Gasteiger partial charge in [0.1, 0.15) is 12.1 Å². The Balaban J connectivity index is 1.61. The Kier molecular flexibility index (Phi) is 9.69. The number of rotatable bonds is 3. The molecule has 4 rings (SSSR count). The average Bonchev–Trinajstić information content (AvgIpc) is 3.31. The molecule has 2 fully saturated rings. The lowest BCUT2D eigenvalue weighted by Gasteiger charge is -2.45. The minimum Gasteiger partial charge on any atom is -0.459 e. The van der Waals surface area contributed by atoms with Crippen LogP contribution in [0.1, 0.15) is 52.4 Å². The summed E-state index contributed by atoms with van der Waals surface area (Å²) in [4.78, 5) is 38.1. The summed E-state index contributed by atoms with van der Waals surface area (Å²) in [7, 11) is 0. The maximum atomic E-state index is 13.1. The summed E-state index contributed by atoms with van der Waals surface area (Å²) in [6.07, 6.45) is 12.0. The van der Waals surface area contributed by atoms with Gasteiger partial charge in [0.05, 0.1) is 12.5 Å². The van der Waals surface area contributed by atoms with E-state index in [-0.39, 0.29) is 17.8 Å². The molecule has 2 N–H and O–H groups in total. The van der Waals surface area contributed by atoms with Crippen LogP contribution in [0.4, 0.5) is 15.3 Å². The molecule has 0 unspecified atom stereocenters. The monoisotopic (exact) mass is 540 g/mol. The molecule has 0 aromatic heterocycles. The molecule has 38 heavy (non-hydrogen) atoms. The molecule has 2 saturated heterocycles. The number of fused-ring (bicyclic) bond motifs is 2. The normalized spacial score (nSPS) is 33.7. The predicted octanol–water partition coefficient (Wildman–Crippen LogP) is 6.12. The molecule has 1 aromatic carbocycles. The quantitative estimate of drug-likeness (QED) is 0.446. The van der Waals surface area contributed by atoms with Gasteiger partial charge in [0.2, 0.25) is 5.79 Å². The summed E-state index contributed by atoms with van der Waals surface area (Å²) in [5, 5.41) is 5.42. The summed E-state index contributed by atoms with van der Waals surface area (Å²) in [5.74, 6) is -1.24. The van der Waals surface area contributed by atoms with E-state index in [4.69, 9.17) is 14.2 Å². The van der Waals surface area contributed by atoms with Crippen LogP contribution >= 0.6 is 11.8 Å². The number of hydrogen-bond acceptors (Lipinski definition) is 7. The van der Waals surface area contributed by atoms with Gasteiger partial charge in [-0.05, 0) is 50.7 Å². The van der Waals surface area contributed by atoms with E-state index in [9.17, 15) is 14.4 Å². The van der Waals surface area contributed by atoms with E-state index in [0.717, 1.165) is 36.6 Å². The molecule has 0 saturated carbocycles. The zero-order valence-corrected chi connectivity index (χ0v) is 22.7. The smallest absolute Gasteiger partial charge is 0.414 e. The van der Waals surface area contributed by atoms with Gasteiger partial charge in [0.15, 0.2) is 0 Å². The molecule has 0 spiro atoms. The highest BCUT2D eigenvalue weighted by Crippen LogP contribution is 2.40. The van der Waals surface area contributed by atoms with Crippen molar-refractivity contribution in [1.82, 2.24) is 5.32 Å². The van der Waals surface area contributed by atoms with Crippen molar-refractivity contribution in [1.29, 1.82) is 0 Å². The number of thioether (sulfide) groups is 1. The molecule has 9 heteroatoms. The second-order valence-corrected chi connectivity index (χ2v) is 11.1. The molecule has 0 aliphatic carbocycles. The van der Waals surface area contributed by atoms with Crippen molar-refractivity contribution in [2.24, 2.45) is 5.92 Å². The van der Waals surface area contributed by atoms with Crippen LogP contribution < -0.4 is 10.6 Å². The van der Waals surface area contributed by atoms with Crippen LogP contribution in [0.5, 0.6) is 0 Å². The highest BCUT2D eigenvalue weighted by molar-refractivity contribution is 8.14. The molecule has 0 radical (unpaired) electrons. The van der Waals surface area contributed by atoms with Gasteiger partial charge in [-0.15, -0.1) is 0 Å². The first-order chi connectivity index (χ1) is 18.3. The summed E-state index contributed by atoms with van der Waals surface area (Å²) < 4.78 is 18.5. The van der Waals surface area contributed by atoms with Gasteiger partial charge in [0.25, 0.3) is 5.24 Å². The number of allylic oxidation sites excluding steroid dienone is 5. The van der Waals surface area contributed by atoms with E-state index in [1.54, 1.807) is 12.1 Å². The predicted molar refractivity (Wildman–Crippen MR) is 148 cm³/mol. The number of hydrogen-bond donors (Lipinski definition) is 2. The molecule has 3 aliphatic heterocycles. The van der Waals surface area contributed by atoms with E-state index >= 15 is 0 Å². The van der Waals surface area contributed by atoms with Crippen LogP contribution in [0.15, 0.2) is 66.3 Å². The van der Waals surface area contributed by atoms with Crippen molar-refractivity contribution in [3.8, 4) is 0 Å². The molecular formula is C29H36N2O6S. The van der Waals surface area contributed by atoms with E-state index in [2.05, 4.69) is 35.8 Å². The van der Waals surface area contributed by atoms with Gasteiger partial charge in [-0.2, -0.15) is 0 Å². The lowest BCUT2D eigenvalue weighted by Crippen LogP contribution is -2.61. The van der Waals surface area contributed by atoms with Crippen LogP contribution in [0.2, 0.25) is 0 Å². The number of anilines is 1. The number of benzene rings is 1. The van der Waals surface area contributed by atoms with E-state index < -0.39 is 30.0 Å². The molecule has 3 heterocycles. The number of amides is 2. The van der Waals surface area contributed by atoms with Gasteiger partial charge in [-0.1, -0.05) is 66.8 Å². The molecule has 3 aliphatic rings. The molecule has 1 aromatic rings. The first-order valence-electron chi connectivity index (χ1n) is 13.2. The topological polar surface area (TPSA) is 103 Å². The van der Waals surface area contributed by atoms with Crippen LogP contribution in [-0.2, 0) is 19.0 Å². The van der Waals surface area contributed by atoms with Crippen LogP contribution in [0, 0.1) is 5.92 Å². The standard InChI is InChI=1S/C29H36N2O6S/c1-20-10-6-3-4-7-11-21(2)16-26(32)35-24-17-23(15-14-20)36-29(18-24,25-19-38-28(34)31-25)37-27(33)30-22-12-8-5-9-13-22/h3-6,8-10,12-13,16,20,23-25H,7,11,14-15,17-19H2,1-2H3,(H,30,33)(H,31,34)/b4-3+,10-6-,21-16-/t20-,23-,24-,25+,29-/m1/s1. The molecule has 2 bridgehead atoms. The summed E-state index contributed by atoms with van der Waals surface area (Å²) >= 11 is 1.12. The van der Waals surface area contributed by atoms with Crippen molar-refractivity contribution in [2.75, 3.05) is 11.1 Å². The van der Waals surface area contributed by atoms with E-state index in [0.29, 0.717) is 30.2 Å². The third-order valence-corrected chi connectivity index (χ3v) is 7.76. The van der Waals surface area contributed by atoms with Crippen molar-refractivity contribution in [2.45, 2.75) is 76.4 Å². The lowest BCUT2D eigenvalue weighted by molar-refractivity contribution is -0.279. The van der Waals surface area contributed by atoms with Crippen LogP contribution in [0.25, 0.3) is 0 Å². The van der Waals surface area contributed by atoms with Crippen molar-refractivity contribution in [3.05, 3.63) is 66.3 Å². The molecular weight excluding hydrogens is 504 g/mol. The van der Waals surface area contributed by atoms with Gasteiger partial charge in [0, 0.05) is 23.9 Å².